The van der Waals surface area contributed by atoms with Gasteiger partial charge in [-0.15, -0.1) is 0 Å². The van der Waals surface area contributed by atoms with Gasteiger partial charge in [-0.1, -0.05) is 12.8 Å². The van der Waals surface area contributed by atoms with Crippen LogP contribution in [0.3, 0.4) is 0 Å². The molecule has 28 heavy (non-hydrogen) atoms. The molecule has 1 saturated carbocycles. The zero-order valence-electron chi connectivity index (χ0n) is 18.1. The molecule has 2 heterocycles. The third-order valence-corrected chi connectivity index (χ3v) is 6.86. The summed E-state index contributed by atoms with van der Waals surface area (Å²) in [7, 11) is 1.84. The molecule has 1 N–H and O–H groups in total. The van der Waals surface area contributed by atoms with E-state index >= 15 is 0 Å². The SMILES string of the molecule is CCNC(=NCC1(N2CCC(OC)CC2)CCCC1)N1CCN(C(C)=O)CC1. The molecule has 0 aromatic rings. The maximum Gasteiger partial charge on any atom is 0.219 e. The lowest BCUT2D eigenvalue weighted by Gasteiger charge is -2.44. The summed E-state index contributed by atoms with van der Waals surface area (Å²) < 4.78 is 5.57. The van der Waals surface area contributed by atoms with Crippen molar-refractivity contribution in [2.45, 2.75) is 64.0 Å². The van der Waals surface area contributed by atoms with Crippen LogP contribution in [0, 0.1) is 0 Å². The van der Waals surface area contributed by atoms with Gasteiger partial charge in [0.05, 0.1) is 12.6 Å². The Bertz CT molecular complexity index is 531. The number of ether oxygens (including phenoxy) is 1. The Labute approximate surface area is 170 Å². The number of nitrogens with zero attached hydrogens (tertiary/aromatic N) is 4. The monoisotopic (exact) mass is 393 g/mol. The topological polar surface area (TPSA) is 60.4 Å². The Kier molecular flexibility index (Phi) is 7.57. The van der Waals surface area contributed by atoms with Gasteiger partial charge in [-0.3, -0.25) is 14.7 Å². The molecule has 160 valence electrons. The Hall–Kier alpha value is -1.34. The maximum absolute atomic E-state index is 11.6. The van der Waals surface area contributed by atoms with Gasteiger partial charge < -0.3 is 19.9 Å². The summed E-state index contributed by atoms with van der Waals surface area (Å²) in [4.78, 5) is 23.7. The number of carbonyl (C=O) groups is 1. The van der Waals surface area contributed by atoms with Crippen molar-refractivity contribution in [3.05, 3.63) is 0 Å². The maximum atomic E-state index is 11.6. The molecule has 0 aromatic carbocycles. The molecular weight excluding hydrogens is 354 g/mol. The van der Waals surface area contributed by atoms with Crippen LogP contribution >= 0.6 is 0 Å². The predicted octanol–water partition coefficient (Wildman–Crippen LogP) is 1.54. The first-order valence-electron chi connectivity index (χ1n) is 11.1. The zero-order chi connectivity index (χ0) is 20.0. The second-order valence-corrected chi connectivity index (χ2v) is 8.52. The number of piperidine rings is 1. The third kappa shape index (κ3) is 4.98. The molecular formula is C21H39N5O2. The quantitative estimate of drug-likeness (QED) is 0.567. The Morgan fingerprint density at radius 1 is 1.07 bits per heavy atom. The van der Waals surface area contributed by atoms with Gasteiger partial charge in [-0.2, -0.15) is 0 Å². The lowest BCUT2D eigenvalue weighted by molar-refractivity contribution is -0.130. The lowest BCUT2D eigenvalue weighted by Crippen LogP contribution is -2.55. The van der Waals surface area contributed by atoms with E-state index in [0.29, 0.717) is 6.10 Å². The molecule has 3 aliphatic rings. The number of aliphatic imine (C=N–C) groups is 1. The Balaban J connectivity index is 1.65. The lowest BCUT2D eigenvalue weighted by atomic mass is 9.91. The summed E-state index contributed by atoms with van der Waals surface area (Å²) in [6, 6.07) is 0. The van der Waals surface area contributed by atoms with Gasteiger partial charge in [0.2, 0.25) is 5.91 Å². The fourth-order valence-electron chi connectivity index (χ4n) is 5.05. The number of guanidine groups is 1. The van der Waals surface area contributed by atoms with Crippen LogP contribution in [0.2, 0.25) is 0 Å². The predicted molar refractivity (Wildman–Crippen MR) is 113 cm³/mol. The van der Waals surface area contributed by atoms with Gasteiger partial charge in [0.25, 0.3) is 0 Å². The highest BCUT2D eigenvalue weighted by molar-refractivity contribution is 5.80. The van der Waals surface area contributed by atoms with Gasteiger partial charge in [-0.05, 0) is 32.6 Å². The average molecular weight is 394 g/mol. The van der Waals surface area contributed by atoms with Crippen LogP contribution in [0.5, 0.6) is 0 Å². The summed E-state index contributed by atoms with van der Waals surface area (Å²) in [6.45, 7) is 11.1. The number of carbonyl (C=O) groups excluding carboxylic acids is 1. The van der Waals surface area contributed by atoms with Crippen molar-refractivity contribution in [1.29, 1.82) is 0 Å². The van der Waals surface area contributed by atoms with E-state index in [0.717, 1.165) is 71.2 Å². The number of hydrogen-bond acceptors (Lipinski definition) is 4. The molecule has 2 aliphatic heterocycles. The number of methoxy groups -OCH3 is 1. The molecule has 0 atom stereocenters. The first-order valence-corrected chi connectivity index (χ1v) is 11.1. The van der Waals surface area contributed by atoms with Crippen LogP contribution in [-0.4, -0.2) is 97.7 Å². The highest BCUT2D eigenvalue weighted by Crippen LogP contribution is 2.37. The van der Waals surface area contributed by atoms with Crippen LogP contribution in [0.1, 0.15) is 52.4 Å². The highest BCUT2D eigenvalue weighted by atomic mass is 16.5. The van der Waals surface area contributed by atoms with Gasteiger partial charge in [0, 0.05) is 65.4 Å². The van der Waals surface area contributed by atoms with Gasteiger partial charge in [0.15, 0.2) is 5.96 Å². The van der Waals surface area contributed by atoms with Crippen molar-refractivity contribution >= 4 is 11.9 Å². The van der Waals surface area contributed by atoms with Crippen LogP contribution in [-0.2, 0) is 9.53 Å². The van der Waals surface area contributed by atoms with Crippen molar-refractivity contribution in [2.75, 3.05) is 59.5 Å². The first-order chi connectivity index (χ1) is 13.6. The molecule has 0 spiro atoms. The van der Waals surface area contributed by atoms with E-state index in [1.165, 1.54) is 25.7 Å². The molecule has 2 saturated heterocycles. The van der Waals surface area contributed by atoms with Gasteiger partial charge in [0.1, 0.15) is 0 Å². The van der Waals surface area contributed by atoms with E-state index in [-0.39, 0.29) is 11.4 Å². The minimum atomic E-state index is 0.172. The molecule has 0 aromatic heterocycles. The first kappa shape index (κ1) is 21.4. The van der Waals surface area contributed by atoms with Crippen molar-refractivity contribution in [3.63, 3.8) is 0 Å². The number of amides is 1. The van der Waals surface area contributed by atoms with Crippen molar-refractivity contribution in [2.24, 2.45) is 4.99 Å². The summed E-state index contributed by atoms with van der Waals surface area (Å²) >= 11 is 0. The van der Waals surface area contributed by atoms with E-state index in [2.05, 4.69) is 22.0 Å². The van der Waals surface area contributed by atoms with E-state index in [1.807, 2.05) is 12.0 Å². The van der Waals surface area contributed by atoms with Crippen LogP contribution in [0.15, 0.2) is 4.99 Å². The van der Waals surface area contributed by atoms with Crippen molar-refractivity contribution < 1.29 is 9.53 Å². The second-order valence-electron chi connectivity index (χ2n) is 8.52. The second kappa shape index (κ2) is 9.92. The fraction of sp³-hybridized carbons (Fsp3) is 0.905. The van der Waals surface area contributed by atoms with Crippen molar-refractivity contribution in [1.82, 2.24) is 20.0 Å². The minimum Gasteiger partial charge on any atom is -0.381 e. The molecule has 0 radical (unpaired) electrons. The van der Waals surface area contributed by atoms with Crippen LogP contribution < -0.4 is 5.32 Å². The van der Waals surface area contributed by atoms with Gasteiger partial charge >= 0.3 is 0 Å². The number of rotatable bonds is 5. The normalized spacial score (nSPS) is 24.6. The van der Waals surface area contributed by atoms with Crippen LogP contribution in [0.25, 0.3) is 0 Å². The molecule has 7 heteroatoms. The molecule has 0 bridgehead atoms. The van der Waals surface area contributed by atoms with Crippen molar-refractivity contribution in [3.8, 4) is 0 Å². The Morgan fingerprint density at radius 3 is 2.21 bits per heavy atom. The Morgan fingerprint density at radius 2 is 1.68 bits per heavy atom. The zero-order valence-corrected chi connectivity index (χ0v) is 18.1. The summed E-state index contributed by atoms with van der Waals surface area (Å²) in [5, 5.41) is 3.49. The molecule has 1 aliphatic carbocycles. The molecule has 1 amide bonds. The summed E-state index contributed by atoms with van der Waals surface area (Å²) in [5.41, 5.74) is 0.223. The molecule has 3 fully saturated rings. The number of hydrogen-bond donors (Lipinski definition) is 1. The number of nitrogens with one attached hydrogen (secondary N) is 1. The smallest absolute Gasteiger partial charge is 0.219 e. The molecule has 7 nitrogen and oxygen atoms in total. The molecule has 3 rings (SSSR count). The fourth-order valence-corrected chi connectivity index (χ4v) is 5.05. The average Bonchev–Trinajstić information content (AvgIpc) is 3.21. The third-order valence-electron chi connectivity index (χ3n) is 6.86. The van der Waals surface area contributed by atoms with Gasteiger partial charge in [-0.25, -0.2) is 0 Å². The minimum absolute atomic E-state index is 0.172. The van der Waals surface area contributed by atoms with E-state index in [9.17, 15) is 4.79 Å². The van der Waals surface area contributed by atoms with E-state index in [1.54, 1.807) is 6.92 Å². The standard InChI is InChI=1S/C21H39N5O2/c1-4-22-20(25-15-13-24(14-16-25)18(2)27)23-17-21(9-5-6-10-21)26-11-7-19(28-3)8-12-26/h19H,4-17H2,1-3H3,(H,22,23). The van der Waals surface area contributed by atoms with E-state index < -0.39 is 0 Å². The summed E-state index contributed by atoms with van der Waals surface area (Å²) in [6.07, 6.45) is 7.83. The molecule has 0 unspecified atom stereocenters. The largest absolute Gasteiger partial charge is 0.381 e. The highest BCUT2D eigenvalue weighted by Gasteiger charge is 2.41. The number of piperazine rings is 1. The summed E-state index contributed by atoms with van der Waals surface area (Å²) in [5.74, 6) is 1.19. The van der Waals surface area contributed by atoms with Crippen LogP contribution in [0.4, 0.5) is 0 Å². The number of likely N-dealkylation sites (tertiary alicyclic amines) is 1. The van der Waals surface area contributed by atoms with E-state index in [4.69, 9.17) is 9.73 Å².